The molecule has 1 saturated heterocycles. The summed E-state index contributed by atoms with van der Waals surface area (Å²) in [5.41, 5.74) is 0.398. The Kier molecular flexibility index (Phi) is 5.37. The van der Waals surface area contributed by atoms with Gasteiger partial charge in [0.25, 0.3) is 0 Å². The van der Waals surface area contributed by atoms with Crippen LogP contribution in [0.2, 0.25) is 0 Å². The monoisotopic (exact) mass is 298 g/mol. The maximum absolute atomic E-state index is 4.67. The van der Waals surface area contributed by atoms with E-state index >= 15 is 0 Å². The number of nitrogens with zero attached hydrogens (tertiary/aromatic N) is 3. The van der Waals surface area contributed by atoms with Gasteiger partial charge in [-0.2, -0.15) is 0 Å². The topological polar surface area (TPSA) is 30.9 Å². The van der Waals surface area contributed by atoms with Crippen molar-refractivity contribution in [1.82, 2.24) is 15.1 Å². The van der Waals surface area contributed by atoms with Crippen molar-refractivity contribution in [2.24, 2.45) is 10.4 Å². The van der Waals surface area contributed by atoms with Crippen molar-refractivity contribution in [1.29, 1.82) is 0 Å². The average Bonchev–Trinajstić information content (AvgIpc) is 2.75. The van der Waals surface area contributed by atoms with Gasteiger partial charge in [-0.3, -0.25) is 9.89 Å². The number of rotatable bonds is 3. The summed E-state index contributed by atoms with van der Waals surface area (Å²) in [7, 11) is 4.44. The Balaban J connectivity index is 1.72. The average molecular weight is 298 g/mol. The zero-order valence-electron chi connectivity index (χ0n) is 13.6. The Morgan fingerprint density at radius 1 is 1.30 bits per heavy atom. The highest BCUT2D eigenvalue weighted by Gasteiger charge is 2.26. The van der Waals surface area contributed by atoms with E-state index in [0.29, 0.717) is 16.7 Å². The second-order valence-electron chi connectivity index (χ2n) is 7.43. The summed E-state index contributed by atoms with van der Waals surface area (Å²) in [6.45, 7) is 12.4. The molecule has 0 aromatic heterocycles. The molecule has 0 aliphatic carbocycles. The lowest BCUT2D eigenvalue weighted by Crippen LogP contribution is -2.54. The van der Waals surface area contributed by atoms with E-state index in [1.54, 1.807) is 0 Å². The number of piperazine rings is 1. The third kappa shape index (κ3) is 4.93. The van der Waals surface area contributed by atoms with Crippen molar-refractivity contribution in [2.45, 2.75) is 38.5 Å². The highest BCUT2D eigenvalue weighted by atomic mass is 32.2. The van der Waals surface area contributed by atoms with Crippen LogP contribution in [-0.2, 0) is 0 Å². The van der Waals surface area contributed by atoms with Crippen molar-refractivity contribution in [2.75, 3.05) is 46.8 Å². The van der Waals surface area contributed by atoms with Gasteiger partial charge < -0.3 is 10.2 Å². The molecule has 0 bridgehead atoms. The van der Waals surface area contributed by atoms with Crippen LogP contribution in [0, 0.1) is 5.41 Å². The molecule has 0 aromatic rings. The minimum absolute atomic E-state index is 0.398. The van der Waals surface area contributed by atoms with Gasteiger partial charge >= 0.3 is 0 Å². The molecule has 1 fully saturated rings. The van der Waals surface area contributed by atoms with E-state index in [1.165, 1.54) is 13.0 Å². The molecule has 0 saturated carbocycles. The van der Waals surface area contributed by atoms with Gasteiger partial charge in [0.2, 0.25) is 0 Å². The lowest BCUT2D eigenvalue weighted by Gasteiger charge is -2.37. The van der Waals surface area contributed by atoms with Gasteiger partial charge in [-0.15, -0.1) is 0 Å². The minimum atomic E-state index is 0.398. The minimum Gasteiger partial charge on any atom is -0.363 e. The van der Waals surface area contributed by atoms with Gasteiger partial charge in [-0.05, 0) is 25.9 Å². The summed E-state index contributed by atoms with van der Waals surface area (Å²) < 4.78 is 0. The van der Waals surface area contributed by atoms with E-state index in [1.807, 2.05) is 11.8 Å². The Hall–Kier alpha value is -0.260. The van der Waals surface area contributed by atoms with E-state index in [4.69, 9.17) is 0 Å². The fourth-order valence-corrected chi connectivity index (χ4v) is 4.19. The van der Waals surface area contributed by atoms with Gasteiger partial charge in [-0.25, -0.2) is 0 Å². The van der Waals surface area contributed by atoms with Gasteiger partial charge in [0.05, 0.1) is 6.54 Å². The SMILES string of the molecule is CN1CCN(C)C(CNC2=NCC(CC(C)(C)C)S2)C1. The maximum atomic E-state index is 4.67. The summed E-state index contributed by atoms with van der Waals surface area (Å²) in [6, 6.07) is 0.596. The van der Waals surface area contributed by atoms with Crippen LogP contribution in [0.25, 0.3) is 0 Å². The Morgan fingerprint density at radius 3 is 2.75 bits per heavy atom. The Labute approximate surface area is 128 Å². The molecule has 20 heavy (non-hydrogen) atoms. The third-order valence-corrected chi connectivity index (χ3v) is 5.17. The van der Waals surface area contributed by atoms with Crippen LogP contribution < -0.4 is 5.32 Å². The molecule has 2 aliphatic heterocycles. The summed E-state index contributed by atoms with van der Waals surface area (Å²) in [6.07, 6.45) is 1.23. The van der Waals surface area contributed by atoms with Gasteiger partial charge in [-0.1, -0.05) is 32.5 Å². The van der Waals surface area contributed by atoms with E-state index in [-0.39, 0.29) is 0 Å². The molecular weight excluding hydrogens is 268 g/mol. The molecule has 0 amide bonds. The van der Waals surface area contributed by atoms with E-state index in [2.05, 4.69) is 55.0 Å². The fourth-order valence-electron chi connectivity index (χ4n) is 2.83. The second-order valence-corrected chi connectivity index (χ2v) is 8.72. The summed E-state index contributed by atoms with van der Waals surface area (Å²) >= 11 is 1.93. The second kappa shape index (κ2) is 6.67. The number of hydrogen-bond acceptors (Lipinski definition) is 5. The van der Waals surface area contributed by atoms with Gasteiger partial charge in [0.1, 0.15) is 0 Å². The molecule has 2 rings (SSSR count). The summed E-state index contributed by atoms with van der Waals surface area (Å²) in [4.78, 5) is 9.54. The van der Waals surface area contributed by atoms with Gasteiger partial charge in [0, 0.05) is 37.5 Å². The first-order valence-corrected chi connectivity index (χ1v) is 8.55. The third-order valence-electron chi connectivity index (χ3n) is 4.03. The molecule has 5 heteroatoms. The summed E-state index contributed by atoms with van der Waals surface area (Å²) in [5.74, 6) is 0. The largest absolute Gasteiger partial charge is 0.363 e. The van der Waals surface area contributed by atoms with Crippen LogP contribution in [0.1, 0.15) is 27.2 Å². The van der Waals surface area contributed by atoms with E-state index in [0.717, 1.165) is 31.3 Å². The molecule has 4 nitrogen and oxygen atoms in total. The predicted molar refractivity (Wildman–Crippen MR) is 89.7 cm³/mol. The number of likely N-dealkylation sites (N-methyl/N-ethyl adjacent to an activating group) is 2. The Morgan fingerprint density at radius 2 is 2.05 bits per heavy atom. The number of hydrogen-bond donors (Lipinski definition) is 1. The normalized spacial score (nSPS) is 29.6. The quantitative estimate of drug-likeness (QED) is 0.860. The molecule has 0 radical (unpaired) electrons. The molecule has 0 aromatic carbocycles. The maximum Gasteiger partial charge on any atom is 0.156 e. The van der Waals surface area contributed by atoms with Crippen LogP contribution in [0.15, 0.2) is 4.99 Å². The lowest BCUT2D eigenvalue weighted by atomic mass is 9.90. The molecule has 1 N–H and O–H groups in total. The van der Waals surface area contributed by atoms with Crippen LogP contribution in [0.3, 0.4) is 0 Å². The predicted octanol–water partition coefficient (Wildman–Crippen LogP) is 1.73. The first-order chi connectivity index (χ1) is 9.33. The van der Waals surface area contributed by atoms with Crippen molar-refractivity contribution >= 4 is 16.9 Å². The summed E-state index contributed by atoms with van der Waals surface area (Å²) in [5, 5.41) is 5.37. The number of amidine groups is 1. The van der Waals surface area contributed by atoms with E-state index < -0.39 is 0 Å². The highest BCUT2D eigenvalue weighted by molar-refractivity contribution is 8.14. The lowest BCUT2D eigenvalue weighted by molar-refractivity contribution is 0.116. The molecule has 2 atom stereocenters. The smallest absolute Gasteiger partial charge is 0.156 e. The Bertz CT molecular complexity index is 350. The molecular formula is C15H30N4S. The molecule has 2 unspecified atom stereocenters. The highest BCUT2D eigenvalue weighted by Crippen LogP contribution is 2.31. The molecule has 2 aliphatic rings. The zero-order chi connectivity index (χ0) is 14.8. The number of nitrogens with one attached hydrogen (secondary N) is 1. The van der Waals surface area contributed by atoms with Crippen molar-refractivity contribution in [3.63, 3.8) is 0 Å². The number of aliphatic imine (C=N–C) groups is 1. The standard InChI is InChI=1S/C15H30N4S/c1-15(2,3)8-13-10-17-14(20-13)16-9-12-11-18(4)6-7-19(12)5/h12-13H,6-11H2,1-5H3,(H,16,17). The molecule has 116 valence electrons. The number of thioether (sulfide) groups is 1. The van der Waals surface area contributed by atoms with Crippen molar-refractivity contribution in [3.8, 4) is 0 Å². The first kappa shape index (κ1) is 16.1. The van der Waals surface area contributed by atoms with Gasteiger partial charge in [0.15, 0.2) is 5.17 Å². The van der Waals surface area contributed by atoms with Crippen LogP contribution in [0.5, 0.6) is 0 Å². The van der Waals surface area contributed by atoms with Crippen LogP contribution in [0.4, 0.5) is 0 Å². The van der Waals surface area contributed by atoms with Crippen molar-refractivity contribution in [3.05, 3.63) is 0 Å². The molecule has 2 heterocycles. The van der Waals surface area contributed by atoms with Crippen LogP contribution in [-0.4, -0.2) is 73.1 Å². The van der Waals surface area contributed by atoms with E-state index in [9.17, 15) is 0 Å². The zero-order valence-corrected chi connectivity index (χ0v) is 14.5. The van der Waals surface area contributed by atoms with Crippen LogP contribution >= 0.6 is 11.8 Å². The molecule has 0 spiro atoms. The van der Waals surface area contributed by atoms with Crippen molar-refractivity contribution < 1.29 is 0 Å². The first-order valence-electron chi connectivity index (χ1n) is 7.67. The fraction of sp³-hybridized carbons (Fsp3) is 0.933.